The zero-order chi connectivity index (χ0) is 15.9. The topological polar surface area (TPSA) is 97.5 Å². The molecule has 7 nitrogen and oxygen atoms in total. The molecule has 2 N–H and O–H groups in total. The average molecular weight is 305 g/mol. The van der Waals surface area contributed by atoms with Crippen LogP contribution >= 0.6 is 0 Å². The van der Waals surface area contributed by atoms with E-state index in [-0.39, 0.29) is 6.01 Å². The minimum Gasteiger partial charge on any atom is -0.497 e. The zero-order valence-corrected chi connectivity index (χ0v) is 12.6. The number of benzene rings is 1. The molecule has 0 spiro atoms. The van der Waals surface area contributed by atoms with Crippen molar-refractivity contribution in [2.24, 2.45) is 0 Å². The maximum Gasteiger partial charge on any atom is 0.326 e. The molecule has 2 rings (SSSR count). The van der Waals surface area contributed by atoms with Gasteiger partial charge in [-0.3, -0.25) is 0 Å². The molecular formula is C15H19N3O4. The number of anilines is 1. The first kappa shape index (κ1) is 15.8. The quantitative estimate of drug-likeness (QED) is 0.773. The molecule has 0 amide bonds. The highest BCUT2D eigenvalue weighted by Crippen LogP contribution is 2.21. The van der Waals surface area contributed by atoms with Gasteiger partial charge in [-0.1, -0.05) is 24.9 Å². The van der Waals surface area contributed by atoms with Crippen LogP contribution in [-0.2, 0) is 4.79 Å². The molecule has 0 aliphatic rings. The number of nitrogens with one attached hydrogen (secondary N) is 1. The smallest absolute Gasteiger partial charge is 0.326 e. The second kappa shape index (κ2) is 7.44. The Morgan fingerprint density at radius 2 is 2.14 bits per heavy atom. The lowest BCUT2D eigenvalue weighted by Gasteiger charge is -2.11. The van der Waals surface area contributed by atoms with Gasteiger partial charge in [0.05, 0.1) is 7.11 Å². The lowest BCUT2D eigenvalue weighted by Crippen LogP contribution is -2.29. The van der Waals surface area contributed by atoms with E-state index in [0.717, 1.165) is 24.2 Å². The number of nitrogens with zero attached hydrogens (tertiary/aromatic N) is 2. The van der Waals surface area contributed by atoms with Crippen LogP contribution in [0.25, 0.3) is 11.4 Å². The van der Waals surface area contributed by atoms with Crippen LogP contribution in [0, 0.1) is 0 Å². The molecule has 0 saturated heterocycles. The summed E-state index contributed by atoms with van der Waals surface area (Å²) in [5, 5.41) is 15.8. The predicted molar refractivity (Wildman–Crippen MR) is 80.9 cm³/mol. The number of aliphatic carboxylic acids is 1. The van der Waals surface area contributed by atoms with Gasteiger partial charge in [0.15, 0.2) is 0 Å². The van der Waals surface area contributed by atoms with Gasteiger partial charge in [0.25, 0.3) is 0 Å². The highest BCUT2D eigenvalue weighted by molar-refractivity contribution is 5.76. The third-order valence-electron chi connectivity index (χ3n) is 3.22. The van der Waals surface area contributed by atoms with Gasteiger partial charge < -0.3 is 19.7 Å². The van der Waals surface area contributed by atoms with E-state index < -0.39 is 12.0 Å². The first-order valence-electron chi connectivity index (χ1n) is 7.11. The van der Waals surface area contributed by atoms with Crippen LogP contribution in [0.3, 0.4) is 0 Å². The molecule has 0 bridgehead atoms. The Balaban J connectivity index is 2.07. The number of hydrogen-bond acceptors (Lipinski definition) is 6. The van der Waals surface area contributed by atoms with Crippen LogP contribution in [0.15, 0.2) is 28.8 Å². The number of carbonyl (C=O) groups is 1. The van der Waals surface area contributed by atoms with Gasteiger partial charge in [0.1, 0.15) is 11.8 Å². The number of aromatic nitrogens is 2. The number of carboxylic acids is 1. The highest BCUT2D eigenvalue weighted by atomic mass is 16.5. The van der Waals surface area contributed by atoms with Gasteiger partial charge in [-0.15, -0.1) is 0 Å². The van der Waals surface area contributed by atoms with Gasteiger partial charge in [0, 0.05) is 5.56 Å². The van der Waals surface area contributed by atoms with E-state index in [4.69, 9.17) is 9.26 Å². The lowest BCUT2D eigenvalue weighted by molar-refractivity contribution is -0.138. The monoisotopic (exact) mass is 305 g/mol. The second-order valence-electron chi connectivity index (χ2n) is 4.83. The third kappa shape index (κ3) is 3.97. The van der Waals surface area contributed by atoms with E-state index in [0.29, 0.717) is 12.2 Å². The van der Waals surface area contributed by atoms with Crippen molar-refractivity contribution >= 4 is 12.0 Å². The van der Waals surface area contributed by atoms with Crippen LogP contribution in [-0.4, -0.2) is 34.4 Å². The molecule has 1 atom stereocenters. The SMILES string of the molecule is CCCCC(Nc1nc(-c2ccc(OC)cc2)no1)C(=O)O. The Morgan fingerprint density at radius 1 is 1.41 bits per heavy atom. The molecule has 1 aromatic carbocycles. The van der Waals surface area contributed by atoms with E-state index in [9.17, 15) is 9.90 Å². The fourth-order valence-corrected chi connectivity index (χ4v) is 1.95. The summed E-state index contributed by atoms with van der Waals surface area (Å²) in [4.78, 5) is 15.4. The standard InChI is InChI=1S/C15H19N3O4/c1-3-4-5-12(14(19)20)16-15-17-13(18-22-15)10-6-8-11(21-2)9-7-10/h6-9,12H,3-5H2,1-2H3,(H,19,20)(H,16,17,18). The predicted octanol–water partition coefficient (Wildman–Crippen LogP) is 2.80. The average Bonchev–Trinajstić information content (AvgIpc) is 3.00. The van der Waals surface area contributed by atoms with Gasteiger partial charge in [-0.2, -0.15) is 4.98 Å². The summed E-state index contributed by atoms with van der Waals surface area (Å²) in [5.41, 5.74) is 0.762. The summed E-state index contributed by atoms with van der Waals surface area (Å²) in [6.07, 6.45) is 2.24. The van der Waals surface area contributed by atoms with Gasteiger partial charge >= 0.3 is 12.0 Å². The van der Waals surface area contributed by atoms with E-state index in [1.54, 1.807) is 31.4 Å². The molecule has 2 aromatic rings. The molecule has 0 fully saturated rings. The minimum absolute atomic E-state index is 0.106. The molecule has 1 unspecified atom stereocenters. The van der Waals surface area contributed by atoms with E-state index in [1.807, 2.05) is 6.92 Å². The van der Waals surface area contributed by atoms with E-state index in [2.05, 4.69) is 15.5 Å². The summed E-state index contributed by atoms with van der Waals surface area (Å²) in [6.45, 7) is 2.01. The maximum absolute atomic E-state index is 11.2. The number of unbranched alkanes of at least 4 members (excludes halogenated alkanes) is 1. The Bertz CT molecular complexity index is 610. The molecule has 0 radical (unpaired) electrons. The Kier molecular flexibility index (Phi) is 5.35. The fourth-order valence-electron chi connectivity index (χ4n) is 1.95. The summed E-state index contributed by atoms with van der Waals surface area (Å²) in [7, 11) is 1.59. The van der Waals surface area contributed by atoms with Crippen LogP contribution < -0.4 is 10.1 Å². The van der Waals surface area contributed by atoms with Crippen molar-refractivity contribution in [2.45, 2.75) is 32.2 Å². The summed E-state index contributed by atoms with van der Waals surface area (Å²) in [5.74, 6) is 0.193. The Morgan fingerprint density at radius 3 is 2.73 bits per heavy atom. The Hall–Kier alpha value is -2.57. The van der Waals surface area contributed by atoms with Crippen LogP contribution in [0.1, 0.15) is 26.2 Å². The number of hydrogen-bond donors (Lipinski definition) is 2. The zero-order valence-electron chi connectivity index (χ0n) is 12.6. The third-order valence-corrected chi connectivity index (χ3v) is 3.22. The van der Waals surface area contributed by atoms with Crippen LogP contribution in [0.2, 0.25) is 0 Å². The van der Waals surface area contributed by atoms with Gasteiger partial charge in [-0.05, 0) is 30.7 Å². The first-order valence-corrected chi connectivity index (χ1v) is 7.11. The molecule has 0 aliphatic heterocycles. The van der Waals surface area contributed by atoms with Crippen molar-refractivity contribution in [1.29, 1.82) is 0 Å². The maximum atomic E-state index is 11.2. The van der Waals surface area contributed by atoms with E-state index >= 15 is 0 Å². The van der Waals surface area contributed by atoms with Crippen molar-refractivity contribution in [3.8, 4) is 17.1 Å². The summed E-state index contributed by atoms with van der Waals surface area (Å²) in [6, 6.07) is 6.57. The summed E-state index contributed by atoms with van der Waals surface area (Å²) < 4.78 is 10.2. The number of methoxy groups -OCH3 is 1. The van der Waals surface area contributed by atoms with Gasteiger partial charge in [0.2, 0.25) is 5.82 Å². The molecule has 22 heavy (non-hydrogen) atoms. The molecule has 0 aliphatic carbocycles. The van der Waals surface area contributed by atoms with Crippen molar-refractivity contribution in [3.63, 3.8) is 0 Å². The normalized spacial score (nSPS) is 11.9. The molecule has 1 aromatic heterocycles. The number of ether oxygens (including phenoxy) is 1. The summed E-state index contributed by atoms with van der Waals surface area (Å²) >= 11 is 0. The van der Waals surface area contributed by atoms with Crippen LogP contribution in [0.5, 0.6) is 5.75 Å². The first-order chi connectivity index (χ1) is 10.6. The highest BCUT2D eigenvalue weighted by Gasteiger charge is 2.19. The minimum atomic E-state index is -0.933. The molecule has 7 heteroatoms. The number of carboxylic acid groups (broad SMARTS) is 1. The fraction of sp³-hybridized carbons (Fsp3) is 0.400. The van der Waals surface area contributed by atoms with Crippen LogP contribution in [0.4, 0.5) is 6.01 Å². The lowest BCUT2D eigenvalue weighted by atomic mass is 10.1. The second-order valence-corrected chi connectivity index (χ2v) is 4.83. The van der Waals surface area contributed by atoms with Crippen molar-refractivity contribution < 1.29 is 19.2 Å². The molecule has 1 heterocycles. The van der Waals surface area contributed by atoms with Crippen molar-refractivity contribution in [2.75, 3.05) is 12.4 Å². The largest absolute Gasteiger partial charge is 0.497 e. The molecule has 0 saturated carbocycles. The Labute approximate surface area is 128 Å². The van der Waals surface area contributed by atoms with Crippen molar-refractivity contribution in [1.82, 2.24) is 10.1 Å². The van der Waals surface area contributed by atoms with Gasteiger partial charge in [-0.25, -0.2) is 4.79 Å². The number of rotatable bonds is 8. The molecule has 118 valence electrons. The molecular weight excluding hydrogens is 286 g/mol. The van der Waals surface area contributed by atoms with Crippen molar-refractivity contribution in [3.05, 3.63) is 24.3 Å². The van der Waals surface area contributed by atoms with E-state index in [1.165, 1.54) is 0 Å².